The summed E-state index contributed by atoms with van der Waals surface area (Å²) in [6.45, 7) is 3.81. The number of nitrogens with one attached hydrogen (secondary N) is 1. The van der Waals surface area contributed by atoms with E-state index in [-0.39, 0.29) is 24.7 Å². The molecule has 1 heterocycles. The molecule has 4 rings (SSSR count). The standard InChI is InChI=1S/C23H26N2O4/c1-15(2)28-14-22(26)25-20-6-4-3-5-16(20)7-8-17-9-10-18(13-21(17)25)24-23(27)29-19-11-12-19/h3-6,9-10,13,15,19H,7-8,11-12,14H2,1-2H3,(H,24,27). The Morgan fingerprint density at radius 2 is 1.79 bits per heavy atom. The predicted molar refractivity (Wildman–Crippen MR) is 112 cm³/mol. The Bertz CT molecular complexity index is 921. The van der Waals surface area contributed by atoms with Gasteiger partial charge in [-0.25, -0.2) is 4.79 Å². The molecular weight excluding hydrogens is 368 g/mol. The molecule has 1 N–H and O–H groups in total. The lowest BCUT2D eigenvalue weighted by atomic mass is 10.0. The van der Waals surface area contributed by atoms with Crippen molar-refractivity contribution in [3.05, 3.63) is 53.6 Å². The molecule has 0 spiro atoms. The molecule has 0 saturated heterocycles. The van der Waals surface area contributed by atoms with Crippen LogP contribution in [0.1, 0.15) is 37.8 Å². The van der Waals surface area contributed by atoms with Crippen molar-refractivity contribution in [3.8, 4) is 0 Å². The molecule has 2 aromatic carbocycles. The van der Waals surface area contributed by atoms with Gasteiger partial charge in [0, 0.05) is 5.69 Å². The van der Waals surface area contributed by atoms with E-state index in [9.17, 15) is 9.59 Å². The van der Waals surface area contributed by atoms with E-state index in [1.165, 1.54) is 0 Å². The van der Waals surface area contributed by atoms with Gasteiger partial charge in [-0.1, -0.05) is 24.3 Å². The molecule has 29 heavy (non-hydrogen) atoms. The SMILES string of the molecule is CC(C)OCC(=O)N1c2ccccc2CCc2ccc(NC(=O)OC3CC3)cc21. The number of rotatable bonds is 5. The van der Waals surface area contributed by atoms with E-state index in [2.05, 4.69) is 11.4 Å². The Kier molecular flexibility index (Phi) is 5.53. The van der Waals surface area contributed by atoms with E-state index in [4.69, 9.17) is 9.47 Å². The van der Waals surface area contributed by atoms with Crippen LogP contribution in [0.3, 0.4) is 0 Å². The number of carbonyl (C=O) groups is 2. The number of carbonyl (C=O) groups excluding carboxylic acids is 2. The second-order valence-electron chi connectivity index (χ2n) is 7.79. The number of ether oxygens (including phenoxy) is 2. The molecule has 0 aromatic heterocycles. The zero-order valence-electron chi connectivity index (χ0n) is 16.8. The Morgan fingerprint density at radius 3 is 2.52 bits per heavy atom. The molecular formula is C23H26N2O4. The molecule has 6 nitrogen and oxygen atoms in total. The zero-order chi connectivity index (χ0) is 20.4. The van der Waals surface area contributed by atoms with E-state index in [0.717, 1.165) is 48.2 Å². The van der Waals surface area contributed by atoms with Crippen molar-refractivity contribution >= 4 is 29.1 Å². The van der Waals surface area contributed by atoms with Gasteiger partial charge in [0.25, 0.3) is 5.91 Å². The van der Waals surface area contributed by atoms with Gasteiger partial charge in [0.15, 0.2) is 0 Å². The molecule has 1 aliphatic carbocycles. The third-order valence-corrected chi connectivity index (χ3v) is 5.06. The summed E-state index contributed by atoms with van der Waals surface area (Å²) in [5, 5.41) is 2.79. The Morgan fingerprint density at radius 1 is 1.07 bits per heavy atom. The number of para-hydroxylation sites is 1. The van der Waals surface area contributed by atoms with Crippen LogP contribution in [0.25, 0.3) is 0 Å². The maximum absolute atomic E-state index is 13.2. The fraction of sp³-hybridized carbons (Fsp3) is 0.391. The maximum Gasteiger partial charge on any atom is 0.411 e. The van der Waals surface area contributed by atoms with Crippen molar-refractivity contribution in [2.45, 2.75) is 51.7 Å². The van der Waals surface area contributed by atoms with Gasteiger partial charge in [-0.05, 0) is 68.9 Å². The van der Waals surface area contributed by atoms with Crippen LogP contribution in [-0.2, 0) is 27.1 Å². The molecule has 1 aliphatic heterocycles. The lowest BCUT2D eigenvalue weighted by Gasteiger charge is -2.26. The summed E-state index contributed by atoms with van der Waals surface area (Å²) < 4.78 is 10.9. The summed E-state index contributed by atoms with van der Waals surface area (Å²) in [5.41, 5.74) is 4.42. The van der Waals surface area contributed by atoms with Gasteiger partial charge in [0.2, 0.25) is 0 Å². The van der Waals surface area contributed by atoms with Crippen LogP contribution >= 0.6 is 0 Å². The van der Waals surface area contributed by atoms with E-state index in [1.807, 2.05) is 50.2 Å². The third kappa shape index (κ3) is 4.59. The lowest BCUT2D eigenvalue weighted by Crippen LogP contribution is -2.31. The summed E-state index contributed by atoms with van der Waals surface area (Å²) >= 11 is 0. The zero-order valence-corrected chi connectivity index (χ0v) is 16.8. The number of nitrogens with zero attached hydrogens (tertiary/aromatic N) is 1. The molecule has 152 valence electrons. The van der Waals surface area contributed by atoms with Gasteiger partial charge in [-0.15, -0.1) is 0 Å². The summed E-state index contributed by atoms with van der Waals surface area (Å²) in [6.07, 6.45) is 3.05. The van der Waals surface area contributed by atoms with Gasteiger partial charge >= 0.3 is 6.09 Å². The molecule has 2 aliphatic rings. The van der Waals surface area contributed by atoms with Gasteiger partial charge in [0.1, 0.15) is 12.7 Å². The maximum atomic E-state index is 13.2. The van der Waals surface area contributed by atoms with Crippen molar-refractivity contribution in [1.29, 1.82) is 0 Å². The van der Waals surface area contributed by atoms with Gasteiger partial charge in [0.05, 0.1) is 17.5 Å². The molecule has 6 heteroatoms. The summed E-state index contributed by atoms with van der Waals surface area (Å²) in [4.78, 5) is 26.9. The Balaban J connectivity index is 1.67. The van der Waals surface area contributed by atoms with Gasteiger partial charge < -0.3 is 9.47 Å². The average Bonchev–Trinajstić information content (AvgIpc) is 3.51. The molecule has 2 aromatic rings. The second kappa shape index (κ2) is 8.25. The molecule has 0 bridgehead atoms. The van der Waals surface area contributed by atoms with Gasteiger partial charge in [-0.2, -0.15) is 0 Å². The van der Waals surface area contributed by atoms with Crippen LogP contribution < -0.4 is 10.2 Å². The summed E-state index contributed by atoms with van der Waals surface area (Å²) in [7, 11) is 0. The van der Waals surface area contributed by atoms with Crippen LogP contribution in [0.15, 0.2) is 42.5 Å². The molecule has 1 fully saturated rings. The van der Waals surface area contributed by atoms with Crippen molar-refractivity contribution in [2.75, 3.05) is 16.8 Å². The third-order valence-electron chi connectivity index (χ3n) is 5.06. The molecule has 0 radical (unpaired) electrons. The fourth-order valence-corrected chi connectivity index (χ4v) is 3.46. The minimum atomic E-state index is -0.456. The number of benzene rings is 2. The second-order valence-corrected chi connectivity index (χ2v) is 7.79. The predicted octanol–water partition coefficient (Wildman–Crippen LogP) is 4.59. The highest BCUT2D eigenvalue weighted by Gasteiger charge is 2.28. The van der Waals surface area contributed by atoms with Crippen LogP contribution in [0.4, 0.5) is 21.9 Å². The number of amides is 2. The first-order valence-corrected chi connectivity index (χ1v) is 10.1. The van der Waals surface area contributed by atoms with E-state index >= 15 is 0 Å². The summed E-state index contributed by atoms with van der Waals surface area (Å²) in [5.74, 6) is -0.132. The number of hydrogen-bond acceptors (Lipinski definition) is 4. The fourth-order valence-electron chi connectivity index (χ4n) is 3.46. The molecule has 0 atom stereocenters. The summed E-state index contributed by atoms with van der Waals surface area (Å²) in [6, 6.07) is 13.6. The number of anilines is 3. The van der Waals surface area contributed by atoms with Crippen LogP contribution in [0.5, 0.6) is 0 Å². The highest BCUT2D eigenvalue weighted by Crippen LogP contribution is 2.38. The molecule has 1 saturated carbocycles. The minimum absolute atomic E-state index is 0.00712. The highest BCUT2D eigenvalue weighted by molar-refractivity contribution is 6.03. The van der Waals surface area contributed by atoms with Crippen LogP contribution in [0.2, 0.25) is 0 Å². The van der Waals surface area contributed by atoms with Gasteiger partial charge in [-0.3, -0.25) is 15.0 Å². The first kappa shape index (κ1) is 19.5. The number of hydrogen-bond donors (Lipinski definition) is 1. The number of aryl methyl sites for hydroxylation is 2. The quantitative estimate of drug-likeness (QED) is 0.806. The lowest BCUT2D eigenvalue weighted by molar-refractivity contribution is -0.123. The Labute approximate surface area is 170 Å². The van der Waals surface area contributed by atoms with E-state index in [1.54, 1.807) is 4.90 Å². The highest BCUT2D eigenvalue weighted by atomic mass is 16.6. The monoisotopic (exact) mass is 394 g/mol. The van der Waals surface area contributed by atoms with E-state index in [0.29, 0.717) is 5.69 Å². The number of fused-ring (bicyclic) bond motifs is 2. The minimum Gasteiger partial charge on any atom is -0.446 e. The smallest absolute Gasteiger partial charge is 0.411 e. The van der Waals surface area contributed by atoms with Crippen molar-refractivity contribution in [3.63, 3.8) is 0 Å². The Hall–Kier alpha value is -2.86. The first-order valence-electron chi connectivity index (χ1n) is 10.1. The molecule has 2 amide bonds. The van der Waals surface area contributed by atoms with Crippen molar-refractivity contribution in [1.82, 2.24) is 0 Å². The normalized spacial score (nSPS) is 15.3. The largest absolute Gasteiger partial charge is 0.446 e. The van der Waals surface area contributed by atoms with Crippen LogP contribution in [-0.4, -0.2) is 30.8 Å². The van der Waals surface area contributed by atoms with Crippen molar-refractivity contribution < 1.29 is 19.1 Å². The van der Waals surface area contributed by atoms with Crippen LogP contribution in [0, 0.1) is 0 Å². The average molecular weight is 394 g/mol. The first-order chi connectivity index (χ1) is 14.0. The molecule has 0 unspecified atom stereocenters. The van der Waals surface area contributed by atoms with Crippen molar-refractivity contribution in [2.24, 2.45) is 0 Å². The topological polar surface area (TPSA) is 67.9 Å². The van der Waals surface area contributed by atoms with E-state index < -0.39 is 6.09 Å².